The van der Waals surface area contributed by atoms with Crippen LogP contribution in [0.3, 0.4) is 0 Å². The Hall–Kier alpha value is -2.52. The summed E-state index contributed by atoms with van der Waals surface area (Å²) in [5, 5.41) is 0. The molecule has 1 unspecified atom stereocenters. The van der Waals surface area contributed by atoms with Crippen LogP contribution in [0, 0.1) is 0 Å². The molecule has 2 saturated heterocycles. The lowest BCUT2D eigenvalue weighted by atomic mass is 10.2. The average Bonchev–Trinajstić information content (AvgIpc) is 2.69. The Morgan fingerprint density at radius 3 is 2.22 bits per heavy atom. The summed E-state index contributed by atoms with van der Waals surface area (Å²) in [6.07, 6.45) is 3.40. The summed E-state index contributed by atoms with van der Waals surface area (Å²) in [6.45, 7) is 8.55. The maximum absolute atomic E-state index is 5.64. The molecule has 9 heteroatoms. The maximum atomic E-state index is 5.64. The summed E-state index contributed by atoms with van der Waals surface area (Å²) in [6, 6.07) is 2.46. The Bertz CT molecular complexity index is 746. The van der Waals surface area contributed by atoms with E-state index in [2.05, 4.69) is 33.6 Å². The van der Waals surface area contributed by atoms with E-state index in [1.54, 1.807) is 12.4 Å². The van der Waals surface area contributed by atoms with Crippen molar-refractivity contribution in [1.29, 1.82) is 0 Å². The monoisotopic (exact) mass is 371 g/mol. The second-order valence-electron chi connectivity index (χ2n) is 6.98. The van der Waals surface area contributed by atoms with E-state index in [0.717, 1.165) is 30.2 Å². The fraction of sp³-hybridized carbons (Fsp3) is 0.556. The van der Waals surface area contributed by atoms with Gasteiger partial charge in [-0.05, 0) is 13.8 Å². The molecule has 2 N–H and O–H groups in total. The number of rotatable bonds is 3. The van der Waals surface area contributed by atoms with Gasteiger partial charge in [-0.3, -0.25) is 0 Å². The molecule has 27 heavy (non-hydrogen) atoms. The highest BCUT2D eigenvalue weighted by molar-refractivity contribution is 5.64. The number of nitrogens with zero attached hydrogens (tertiary/aromatic N) is 6. The molecular formula is C18H25N7O2. The van der Waals surface area contributed by atoms with Crippen molar-refractivity contribution >= 4 is 17.7 Å². The van der Waals surface area contributed by atoms with E-state index < -0.39 is 0 Å². The van der Waals surface area contributed by atoms with Crippen molar-refractivity contribution in [2.24, 2.45) is 0 Å². The second kappa shape index (κ2) is 7.61. The van der Waals surface area contributed by atoms with Crippen LogP contribution in [0.1, 0.15) is 13.8 Å². The summed E-state index contributed by atoms with van der Waals surface area (Å²) in [7, 11) is 0. The minimum atomic E-state index is 0.214. The Balaban J connectivity index is 1.76. The quantitative estimate of drug-likeness (QED) is 0.845. The third kappa shape index (κ3) is 3.79. The lowest BCUT2D eigenvalue weighted by molar-refractivity contribution is 0.0972. The van der Waals surface area contributed by atoms with E-state index >= 15 is 0 Å². The maximum Gasteiger partial charge on any atom is 0.228 e. The number of morpholine rings is 2. The van der Waals surface area contributed by atoms with E-state index in [-0.39, 0.29) is 18.0 Å². The van der Waals surface area contributed by atoms with Crippen molar-refractivity contribution in [3.8, 4) is 11.3 Å². The molecule has 144 valence electrons. The van der Waals surface area contributed by atoms with Crippen LogP contribution >= 0.6 is 0 Å². The molecule has 2 aromatic heterocycles. The number of aromatic nitrogens is 4. The smallest absolute Gasteiger partial charge is 0.228 e. The molecule has 0 radical (unpaired) electrons. The molecule has 2 fully saturated rings. The van der Waals surface area contributed by atoms with Crippen molar-refractivity contribution in [3.05, 3.63) is 18.5 Å². The minimum absolute atomic E-state index is 0.214. The van der Waals surface area contributed by atoms with Crippen LogP contribution in [0.25, 0.3) is 11.3 Å². The molecule has 0 aromatic carbocycles. The first-order chi connectivity index (χ1) is 13.1. The van der Waals surface area contributed by atoms with E-state index in [9.17, 15) is 0 Å². The van der Waals surface area contributed by atoms with Crippen LogP contribution in [0.2, 0.25) is 0 Å². The molecule has 0 bridgehead atoms. The molecule has 4 rings (SSSR count). The van der Waals surface area contributed by atoms with E-state index in [4.69, 9.17) is 25.2 Å². The van der Waals surface area contributed by atoms with Gasteiger partial charge in [-0.25, -0.2) is 15.0 Å². The van der Waals surface area contributed by atoms with Crippen LogP contribution in [0.5, 0.6) is 0 Å². The number of nitrogen functional groups attached to an aromatic ring is 1. The Morgan fingerprint density at radius 2 is 1.59 bits per heavy atom. The largest absolute Gasteiger partial charge is 0.377 e. The van der Waals surface area contributed by atoms with Gasteiger partial charge in [-0.1, -0.05) is 0 Å². The summed E-state index contributed by atoms with van der Waals surface area (Å²) in [4.78, 5) is 22.4. The van der Waals surface area contributed by atoms with Crippen LogP contribution in [-0.2, 0) is 9.47 Å². The molecule has 0 aliphatic carbocycles. The van der Waals surface area contributed by atoms with Gasteiger partial charge in [0.25, 0.3) is 0 Å². The summed E-state index contributed by atoms with van der Waals surface area (Å²) >= 11 is 0. The van der Waals surface area contributed by atoms with Crippen molar-refractivity contribution in [2.45, 2.75) is 25.9 Å². The molecule has 2 aromatic rings. The first-order valence-electron chi connectivity index (χ1n) is 9.27. The van der Waals surface area contributed by atoms with Gasteiger partial charge in [0.2, 0.25) is 11.9 Å². The highest BCUT2D eigenvalue weighted by Gasteiger charge is 2.26. The molecular weight excluding hydrogens is 346 g/mol. The fourth-order valence-electron chi connectivity index (χ4n) is 3.41. The van der Waals surface area contributed by atoms with E-state index in [1.807, 2.05) is 6.07 Å². The highest BCUT2D eigenvalue weighted by Crippen LogP contribution is 2.27. The van der Waals surface area contributed by atoms with Crippen LogP contribution in [0.4, 0.5) is 17.7 Å². The molecule has 2 atom stereocenters. The van der Waals surface area contributed by atoms with Crippen LogP contribution in [0.15, 0.2) is 18.5 Å². The zero-order chi connectivity index (χ0) is 18.8. The summed E-state index contributed by atoms with van der Waals surface area (Å²) in [5.74, 6) is 1.84. The SMILES string of the molecule is CC1COCCN1c1nc(-c2cnc(N)nc2)cc(N2CCOC[C@@H]2C)n1. The number of hydrogen-bond acceptors (Lipinski definition) is 9. The average molecular weight is 371 g/mol. The van der Waals surface area contributed by atoms with Crippen molar-refractivity contribution in [3.63, 3.8) is 0 Å². The van der Waals surface area contributed by atoms with Gasteiger partial charge in [0.05, 0.1) is 44.2 Å². The minimum Gasteiger partial charge on any atom is -0.377 e. The Morgan fingerprint density at radius 1 is 0.963 bits per heavy atom. The van der Waals surface area contributed by atoms with Gasteiger partial charge >= 0.3 is 0 Å². The zero-order valence-electron chi connectivity index (χ0n) is 15.7. The van der Waals surface area contributed by atoms with Gasteiger partial charge in [0.1, 0.15) is 5.82 Å². The lowest BCUT2D eigenvalue weighted by Crippen LogP contribution is -2.46. The molecule has 2 aliphatic heterocycles. The second-order valence-corrected chi connectivity index (χ2v) is 6.98. The molecule has 0 spiro atoms. The van der Waals surface area contributed by atoms with Gasteiger partial charge < -0.3 is 25.0 Å². The third-order valence-corrected chi connectivity index (χ3v) is 4.95. The molecule has 2 aliphatic rings. The lowest BCUT2D eigenvalue weighted by Gasteiger charge is -2.36. The number of nitrogens with two attached hydrogens (primary N) is 1. The van der Waals surface area contributed by atoms with Gasteiger partial charge in [-0.2, -0.15) is 4.98 Å². The van der Waals surface area contributed by atoms with Crippen LogP contribution < -0.4 is 15.5 Å². The van der Waals surface area contributed by atoms with Crippen molar-refractivity contribution < 1.29 is 9.47 Å². The predicted molar refractivity (Wildman–Crippen MR) is 103 cm³/mol. The first kappa shape index (κ1) is 17.9. The molecule has 0 saturated carbocycles. The zero-order valence-corrected chi connectivity index (χ0v) is 15.7. The topological polar surface area (TPSA) is 103 Å². The number of ether oxygens (including phenoxy) is 2. The number of anilines is 3. The Labute approximate surface area is 158 Å². The number of hydrogen-bond donors (Lipinski definition) is 1. The highest BCUT2D eigenvalue weighted by atomic mass is 16.5. The van der Waals surface area contributed by atoms with E-state index in [1.165, 1.54) is 0 Å². The normalized spacial score (nSPS) is 23.5. The van der Waals surface area contributed by atoms with Crippen LogP contribution in [-0.4, -0.2) is 71.5 Å². The Kier molecular flexibility index (Phi) is 5.04. The van der Waals surface area contributed by atoms with Gasteiger partial charge in [0.15, 0.2) is 0 Å². The van der Waals surface area contributed by atoms with Crippen molar-refractivity contribution in [2.75, 3.05) is 55.1 Å². The standard InChI is InChI=1S/C18H25N7O2/c1-12-10-26-5-3-24(12)16-7-15(14-8-20-17(19)21-9-14)22-18(23-16)25-4-6-27-11-13(25)2/h7-9,12-13H,3-6,10-11H2,1-2H3,(H2,19,20,21)/t12-,13?/m0/s1. The summed E-state index contributed by atoms with van der Waals surface area (Å²) < 4.78 is 11.1. The molecule has 0 amide bonds. The van der Waals surface area contributed by atoms with Crippen molar-refractivity contribution in [1.82, 2.24) is 19.9 Å². The molecule has 4 heterocycles. The fourth-order valence-corrected chi connectivity index (χ4v) is 3.41. The third-order valence-electron chi connectivity index (χ3n) is 4.95. The predicted octanol–water partition coefficient (Wildman–Crippen LogP) is 0.966. The molecule has 9 nitrogen and oxygen atoms in total. The van der Waals surface area contributed by atoms with E-state index in [0.29, 0.717) is 32.4 Å². The summed E-state index contributed by atoms with van der Waals surface area (Å²) in [5.41, 5.74) is 7.24. The first-order valence-corrected chi connectivity index (χ1v) is 9.27. The van der Waals surface area contributed by atoms with Gasteiger partial charge in [-0.15, -0.1) is 0 Å². The van der Waals surface area contributed by atoms with Gasteiger partial charge in [0, 0.05) is 37.1 Å².